The van der Waals surface area contributed by atoms with Gasteiger partial charge in [0.1, 0.15) is 0 Å². The first-order chi connectivity index (χ1) is 4.66. The monoisotopic (exact) mass is 268 g/mol. The van der Waals surface area contributed by atoms with Gasteiger partial charge in [-0.2, -0.15) is 0 Å². The second kappa shape index (κ2) is 6.41. The zero-order valence-corrected chi connectivity index (χ0v) is 9.70. The molecule has 0 unspecified atom stereocenters. The van der Waals surface area contributed by atoms with E-state index in [1.807, 2.05) is 0 Å². The van der Waals surface area contributed by atoms with Crippen molar-refractivity contribution in [2.45, 2.75) is 33.1 Å². The molecule has 0 aliphatic carbocycles. The maximum absolute atomic E-state index is 3.34. The van der Waals surface area contributed by atoms with E-state index in [1.165, 1.54) is 19.3 Å². The van der Waals surface area contributed by atoms with Crippen LogP contribution in [0.2, 0.25) is 0 Å². The van der Waals surface area contributed by atoms with E-state index in [9.17, 15) is 0 Å². The van der Waals surface area contributed by atoms with E-state index >= 15 is 0 Å². The predicted molar refractivity (Wildman–Crippen MR) is 54.6 cm³/mol. The first kappa shape index (κ1) is 10.7. The van der Waals surface area contributed by atoms with E-state index in [-0.39, 0.29) is 0 Å². The van der Waals surface area contributed by atoms with Crippen LogP contribution in [0.4, 0.5) is 0 Å². The Labute approximate surface area is 80.3 Å². The molecule has 10 heavy (non-hydrogen) atoms. The lowest BCUT2D eigenvalue weighted by Crippen LogP contribution is -1.88. The molecule has 0 aromatic rings. The van der Waals surface area contributed by atoms with Crippen LogP contribution < -0.4 is 0 Å². The molecule has 0 fully saturated rings. The van der Waals surface area contributed by atoms with Crippen molar-refractivity contribution in [1.82, 2.24) is 0 Å². The zero-order valence-electron chi connectivity index (χ0n) is 6.53. The van der Waals surface area contributed by atoms with E-state index in [0.717, 1.165) is 3.39 Å². The summed E-state index contributed by atoms with van der Waals surface area (Å²) in [6, 6.07) is 0. The van der Waals surface area contributed by atoms with Crippen molar-refractivity contribution in [3.05, 3.63) is 9.47 Å². The van der Waals surface area contributed by atoms with Crippen molar-refractivity contribution >= 4 is 31.9 Å². The normalized spacial score (nSPS) is 12.8. The molecule has 0 nitrogen and oxygen atoms in total. The van der Waals surface area contributed by atoms with Gasteiger partial charge in [0.15, 0.2) is 0 Å². The third-order valence-corrected chi connectivity index (χ3v) is 1.95. The van der Waals surface area contributed by atoms with E-state index < -0.39 is 0 Å². The summed E-state index contributed by atoms with van der Waals surface area (Å²) in [7, 11) is 0. The van der Waals surface area contributed by atoms with Crippen molar-refractivity contribution in [3.63, 3.8) is 0 Å². The number of rotatable bonds is 4. The molecular weight excluding hydrogens is 256 g/mol. The third kappa shape index (κ3) is 6.81. The van der Waals surface area contributed by atoms with Gasteiger partial charge in [0, 0.05) is 0 Å². The Kier molecular flexibility index (Phi) is 6.86. The molecule has 0 N–H and O–H groups in total. The number of halogens is 2. The van der Waals surface area contributed by atoms with Gasteiger partial charge in [-0.15, -0.1) is 0 Å². The minimum Gasteiger partial charge on any atom is -0.0654 e. The lowest BCUT2D eigenvalue weighted by molar-refractivity contribution is 0.598. The van der Waals surface area contributed by atoms with Gasteiger partial charge in [-0.05, 0) is 44.2 Å². The Morgan fingerprint density at radius 3 is 2.50 bits per heavy atom. The summed E-state index contributed by atoms with van der Waals surface area (Å²) in [6.45, 7) is 4.46. The van der Waals surface area contributed by atoms with E-state index in [0.29, 0.717) is 5.92 Å². The fourth-order valence-electron chi connectivity index (χ4n) is 0.825. The Morgan fingerprint density at radius 1 is 1.50 bits per heavy atom. The third-order valence-electron chi connectivity index (χ3n) is 1.42. The van der Waals surface area contributed by atoms with Gasteiger partial charge in [0.25, 0.3) is 0 Å². The molecule has 0 aliphatic rings. The molecule has 0 amide bonds. The van der Waals surface area contributed by atoms with Crippen LogP contribution in [0.1, 0.15) is 33.1 Å². The molecule has 0 heterocycles. The highest BCUT2D eigenvalue weighted by Crippen LogP contribution is 2.19. The average Bonchev–Trinajstić information content (AvgIpc) is 1.82. The summed E-state index contributed by atoms with van der Waals surface area (Å²) in [5, 5.41) is 0. The van der Waals surface area contributed by atoms with Gasteiger partial charge in [-0.3, -0.25) is 0 Å². The summed E-state index contributed by atoms with van der Waals surface area (Å²) in [5.74, 6) is 0.689. The van der Waals surface area contributed by atoms with Crippen LogP contribution in [-0.4, -0.2) is 0 Å². The maximum Gasteiger partial charge on any atom is 0.0566 e. The van der Waals surface area contributed by atoms with Crippen LogP contribution in [-0.2, 0) is 0 Å². The molecule has 0 bridgehead atoms. The van der Waals surface area contributed by atoms with Crippen molar-refractivity contribution in [2.24, 2.45) is 5.92 Å². The predicted octanol–water partition coefficient (Wildman–Crippen LogP) is 4.44. The molecule has 0 aromatic carbocycles. The van der Waals surface area contributed by atoms with Crippen LogP contribution in [0.15, 0.2) is 9.47 Å². The Hall–Kier alpha value is 0.700. The quantitative estimate of drug-likeness (QED) is 0.708. The Bertz CT molecular complexity index is 104. The molecule has 0 radical (unpaired) electrons. The number of hydrogen-bond acceptors (Lipinski definition) is 0. The van der Waals surface area contributed by atoms with Gasteiger partial charge >= 0.3 is 0 Å². The second-order valence-corrected chi connectivity index (χ2v) is 5.35. The number of hydrogen-bond donors (Lipinski definition) is 0. The minimum atomic E-state index is 0.689. The molecule has 0 saturated carbocycles. The summed E-state index contributed by atoms with van der Waals surface area (Å²) in [5.41, 5.74) is 0. The first-order valence-electron chi connectivity index (χ1n) is 3.69. The van der Waals surface area contributed by atoms with Gasteiger partial charge < -0.3 is 0 Å². The summed E-state index contributed by atoms with van der Waals surface area (Å²) in [4.78, 5) is 0. The van der Waals surface area contributed by atoms with E-state index in [2.05, 4.69) is 51.8 Å². The van der Waals surface area contributed by atoms with Crippen LogP contribution in [0.3, 0.4) is 0 Å². The molecule has 0 saturated heterocycles. The molecule has 0 rings (SSSR count). The van der Waals surface area contributed by atoms with E-state index in [4.69, 9.17) is 0 Å². The molecule has 0 aliphatic heterocycles. The summed E-state index contributed by atoms with van der Waals surface area (Å²) in [6.07, 6.45) is 6.09. The standard InChI is InChI=1S/C8H14Br2/c1-3-4-5-7(2)6-8(9)10/h6-7H,3-5H2,1-2H3/t7-/m1/s1. The van der Waals surface area contributed by atoms with Crippen LogP contribution in [0, 0.1) is 5.92 Å². The van der Waals surface area contributed by atoms with Crippen molar-refractivity contribution in [3.8, 4) is 0 Å². The Morgan fingerprint density at radius 2 is 2.10 bits per heavy atom. The SMILES string of the molecule is CCCC[C@@H](C)C=C(Br)Br. The summed E-state index contributed by atoms with van der Waals surface area (Å²) >= 11 is 6.69. The van der Waals surface area contributed by atoms with E-state index in [1.54, 1.807) is 0 Å². The molecule has 0 spiro atoms. The number of allylic oxidation sites excluding steroid dienone is 1. The highest BCUT2D eigenvalue weighted by Gasteiger charge is 1.96. The van der Waals surface area contributed by atoms with Gasteiger partial charge in [0.05, 0.1) is 3.39 Å². The van der Waals surface area contributed by atoms with Crippen molar-refractivity contribution in [2.75, 3.05) is 0 Å². The average molecular weight is 270 g/mol. The van der Waals surface area contributed by atoms with Gasteiger partial charge in [0.2, 0.25) is 0 Å². The maximum atomic E-state index is 3.34. The fraction of sp³-hybridized carbons (Fsp3) is 0.750. The van der Waals surface area contributed by atoms with Crippen LogP contribution >= 0.6 is 31.9 Å². The summed E-state index contributed by atoms with van der Waals surface area (Å²) < 4.78 is 1.07. The Balaban J connectivity index is 3.43. The van der Waals surface area contributed by atoms with Crippen molar-refractivity contribution in [1.29, 1.82) is 0 Å². The molecule has 60 valence electrons. The fourth-order valence-corrected chi connectivity index (χ4v) is 1.73. The molecule has 1 atom stereocenters. The zero-order chi connectivity index (χ0) is 7.98. The molecular formula is C8H14Br2. The molecule has 2 heteroatoms. The largest absolute Gasteiger partial charge is 0.0654 e. The lowest BCUT2D eigenvalue weighted by atomic mass is 10.1. The topological polar surface area (TPSA) is 0 Å². The minimum absolute atomic E-state index is 0.689. The highest BCUT2D eigenvalue weighted by molar-refractivity contribution is 9.28. The smallest absolute Gasteiger partial charge is 0.0566 e. The van der Waals surface area contributed by atoms with Crippen LogP contribution in [0.5, 0.6) is 0 Å². The van der Waals surface area contributed by atoms with Crippen LogP contribution in [0.25, 0.3) is 0 Å². The highest BCUT2D eigenvalue weighted by atomic mass is 79.9. The molecule has 0 aromatic heterocycles. The van der Waals surface area contributed by atoms with Gasteiger partial charge in [-0.1, -0.05) is 32.8 Å². The van der Waals surface area contributed by atoms with Gasteiger partial charge in [-0.25, -0.2) is 0 Å². The first-order valence-corrected chi connectivity index (χ1v) is 5.28. The number of unbranched alkanes of at least 4 members (excludes halogenated alkanes) is 1. The van der Waals surface area contributed by atoms with Crippen molar-refractivity contribution < 1.29 is 0 Å². The second-order valence-electron chi connectivity index (χ2n) is 2.58. The lowest BCUT2D eigenvalue weighted by Gasteiger charge is -2.03.